The molecule has 1 rings (SSSR count). The van der Waals surface area contributed by atoms with E-state index in [-0.39, 0.29) is 0 Å². The maximum atomic E-state index is 11.9. The second-order valence-electron chi connectivity index (χ2n) is 5.60. The SMILES string of the molecule is CC(C)CC(=O)N1CCC(C)(C)C1C. The lowest BCUT2D eigenvalue weighted by atomic mass is 9.86. The van der Waals surface area contributed by atoms with Crippen molar-refractivity contribution in [2.24, 2.45) is 11.3 Å². The highest BCUT2D eigenvalue weighted by Gasteiger charge is 2.39. The van der Waals surface area contributed by atoms with Gasteiger partial charge in [0.1, 0.15) is 0 Å². The molecule has 0 spiro atoms. The fourth-order valence-corrected chi connectivity index (χ4v) is 2.04. The normalized spacial score (nSPS) is 25.9. The van der Waals surface area contributed by atoms with E-state index in [0.29, 0.717) is 29.7 Å². The van der Waals surface area contributed by atoms with Gasteiger partial charge in [-0.1, -0.05) is 27.7 Å². The molecule has 0 aromatic carbocycles. The number of carbonyl (C=O) groups is 1. The third-order valence-electron chi connectivity index (χ3n) is 3.50. The van der Waals surface area contributed by atoms with Crippen molar-refractivity contribution >= 4 is 5.91 Å². The summed E-state index contributed by atoms with van der Waals surface area (Å²) < 4.78 is 0. The van der Waals surface area contributed by atoms with Crippen LogP contribution in [0.2, 0.25) is 0 Å². The zero-order chi connectivity index (χ0) is 10.9. The number of amides is 1. The maximum Gasteiger partial charge on any atom is 0.223 e. The summed E-state index contributed by atoms with van der Waals surface area (Å²) in [7, 11) is 0. The minimum Gasteiger partial charge on any atom is -0.339 e. The lowest BCUT2D eigenvalue weighted by Gasteiger charge is -2.29. The molecule has 1 heterocycles. The number of hydrogen-bond donors (Lipinski definition) is 0. The number of likely N-dealkylation sites (tertiary alicyclic amines) is 1. The van der Waals surface area contributed by atoms with E-state index in [2.05, 4.69) is 39.5 Å². The van der Waals surface area contributed by atoms with E-state index in [9.17, 15) is 4.79 Å². The molecule has 2 nitrogen and oxygen atoms in total. The Morgan fingerprint density at radius 2 is 2.07 bits per heavy atom. The van der Waals surface area contributed by atoms with Crippen LogP contribution in [0.5, 0.6) is 0 Å². The second-order valence-corrected chi connectivity index (χ2v) is 5.60. The number of rotatable bonds is 2. The highest BCUT2D eigenvalue weighted by molar-refractivity contribution is 5.77. The molecule has 0 aliphatic carbocycles. The van der Waals surface area contributed by atoms with Crippen molar-refractivity contribution in [2.45, 2.75) is 53.5 Å². The standard InChI is InChI=1S/C12H23NO/c1-9(2)8-11(14)13-7-6-12(4,5)10(13)3/h9-10H,6-8H2,1-5H3. The van der Waals surface area contributed by atoms with Gasteiger partial charge in [-0.2, -0.15) is 0 Å². The van der Waals surface area contributed by atoms with E-state index in [1.807, 2.05) is 0 Å². The van der Waals surface area contributed by atoms with Gasteiger partial charge in [-0.25, -0.2) is 0 Å². The summed E-state index contributed by atoms with van der Waals surface area (Å²) in [5.74, 6) is 0.802. The van der Waals surface area contributed by atoms with Crippen molar-refractivity contribution in [1.29, 1.82) is 0 Å². The molecule has 1 fully saturated rings. The van der Waals surface area contributed by atoms with Gasteiger partial charge in [0, 0.05) is 19.0 Å². The molecule has 0 saturated carbocycles. The van der Waals surface area contributed by atoms with Crippen LogP contribution in [-0.4, -0.2) is 23.4 Å². The first-order valence-electron chi connectivity index (χ1n) is 5.64. The zero-order valence-corrected chi connectivity index (χ0v) is 10.1. The summed E-state index contributed by atoms with van der Waals surface area (Å²) in [4.78, 5) is 13.9. The van der Waals surface area contributed by atoms with Crippen LogP contribution in [0.1, 0.15) is 47.5 Å². The molecule has 1 aliphatic heterocycles. The molecule has 0 aromatic heterocycles. The monoisotopic (exact) mass is 197 g/mol. The predicted octanol–water partition coefficient (Wildman–Crippen LogP) is 2.68. The van der Waals surface area contributed by atoms with Gasteiger partial charge in [-0.15, -0.1) is 0 Å². The highest BCUT2D eigenvalue weighted by Crippen LogP contribution is 2.36. The Morgan fingerprint density at radius 3 is 2.43 bits per heavy atom. The molecule has 2 heteroatoms. The summed E-state index contributed by atoms with van der Waals surface area (Å²) >= 11 is 0. The van der Waals surface area contributed by atoms with Crippen LogP contribution in [-0.2, 0) is 4.79 Å². The molecule has 1 unspecified atom stereocenters. The quantitative estimate of drug-likeness (QED) is 0.666. The highest BCUT2D eigenvalue weighted by atomic mass is 16.2. The van der Waals surface area contributed by atoms with Crippen LogP contribution < -0.4 is 0 Å². The van der Waals surface area contributed by atoms with E-state index in [4.69, 9.17) is 0 Å². The van der Waals surface area contributed by atoms with E-state index in [1.165, 1.54) is 0 Å². The van der Waals surface area contributed by atoms with Crippen LogP contribution in [0.3, 0.4) is 0 Å². The topological polar surface area (TPSA) is 20.3 Å². The summed E-state index contributed by atoms with van der Waals surface area (Å²) in [5.41, 5.74) is 0.298. The van der Waals surface area contributed by atoms with E-state index in [0.717, 1.165) is 13.0 Å². The van der Waals surface area contributed by atoms with Gasteiger partial charge in [-0.3, -0.25) is 4.79 Å². The Kier molecular flexibility index (Phi) is 3.23. The molecule has 0 bridgehead atoms. The van der Waals surface area contributed by atoms with Crippen LogP contribution in [0.25, 0.3) is 0 Å². The van der Waals surface area contributed by atoms with Gasteiger partial charge in [0.2, 0.25) is 5.91 Å². The Morgan fingerprint density at radius 1 is 1.50 bits per heavy atom. The van der Waals surface area contributed by atoms with Gasteiger partial charge in [-0.05, 0) is 24.7 Å². The van der Waals surface area contributed by atoms with Gasteiger partial charge in [0.15, 0.2) is 0 Å². The van der Waals surface area contributed by atoms with E-state index < -0.39 is 0 Å². The molecular formula is C12H23NO. The third-order valence-corrected chi connectivity index (χ3v) is 3.50. The molecule has 1 amide bonds. The predicted molar refractivity (Wildman–Crippen MR) is 59.0 cm³/mol. The molecule has 14 heavy (non-hydrogen) atoms. The van der Waals surface area contributed by atoms with Crippen molar-refractivity contribution in [2.75, 3.05) is 6.54 Å². The van der Waals surface area contributed by atoms with Crippen molar-refractivity contribution in [3.05, 3.63) is 0 Å². The smallest absolute Gasteiger partial charge is 0.223 e. The average Bonchev–Trinajstić information content (AvgIpc) is 2.26. The fourth-order valence-electron chi connectivity index (χ4n) is 2.04. The van der Waals surface area contributed by atoms with Gasteiger partial charge in [0.25, 0.3) is 0 Å². The molecule has 0 aromatic rings. The minimum absolute atomic E-state index is 0.298. The maximum absolute atomic E-state index is 11.9. The third kappa shape index (κ3) is 2.28. The van der Waals surface area contributed by atoms with Crippen LogP contribution in [0, 0.1) is 11.3 Å². The van der Waals surface area contributed by atoms with Crippen molar-refractivity contribution in [3.63, 3.8) is 0 Å². The van der Waals surface area contributed by atoms with Crippen molar-refractivity contribution < 1.29 is 4.79 Å². The Balaban J connectivity index is 2.59. The molecule has 82 valence electrons. The van der Waals surface area contributed by atoms with Gasteiger partial charge in [0.05, 0.1) is 0 Å². The van der Waals surface area contributed by atoms with Gasteiger partial charge < -0.3 is 4.90 Å². The first-order valence-corrected chi connectivity index (χ1v) is 5.64. The van der Waals surface area contributed by atoms with Gasteiger partial charge >= 0.3 is 0 Å². The summed E-state index contributed by atoms with van der Waals surface area (Å²) in [6.45, 7) is 11.8. The Hall–Kier alpha value is -0.530. The van der Waals surface area contributed by atoms with Crippen LogP contribution >= 0.6 is 0 Å². The lowest BCUT2D eigenvalue weighted by molar-refractivity contribution is -0.133. The van der Waals surface area contributed by atoms with Crippen LogP contribution in [0.15, 0.2) is 0 Å². The number of nitrogens with zero attached hydrogens (tertiary/aromatic N) is 1. The lowest BCUT2D eigenvalue weighted by Crippen LogP contribution is -2.38. The molecule has 0 radical (unpaired) electrons. The summed E-state index contributed by atoms with van der Waals surface area (Å²) in [6, 6.07) is 0.397. The molecular weight excluding hydrogens is 174 g/mol. The Bertz CT molecular complexity index is 220. The average molecular weight is 197 g/mol. The largest absolute Gasteiger partial charge is 0.339 e. The van der Waals surface area contributed by atoms with E-state index >= 15 is 0 Å². The molecule has 1 atom stereocenters. The molecule has 0 N–H and O–H groups in total. The molecule has 1 saturated heterocycles. The number of hydrogen-bond acceptors (Lipinski definition) is 1. The van der Waals surface area contributed by atoms with Crippen LogP contribution in [0.4, 0.5) is 0 Å². The number of carbonyl (C=O) groups excluding carboxylic acids is 1. The first-order chi connectivity index (χ1) is 6.34. The first kappa shape index (κ1) is 11.5. The Labute approximate surface area is 87.7 Å². The summed E-state index contributed by atoms with van der Waals surface area (Å²) in [6.07, 6.45) is 1.83. The molecule has 1 aliphatic rings. The van der Waals surface area contributed by atoms with Crippen molar-refractivity contribution in [1.82, 2.24) is 4.90 Å². The summed E-state index contributed by atoms with van der Waals surface area (Å²) in [5, 5.41) is 0. The van der Waals surface area contributed by atoms with E-state index in [1.54, 1.807) is 0 Å². The second kappa shape index (κ2) is 3.92. The van der Waals surface area contributed by atoms with Crippen molar-refractivity contribution in [3.8, 4) is 0 Å². The minimum atomic E-state index is 0.298. The fraction of sp³-hybridized carbons (Fsp3) is 0.917. The zero-order valence-electron chi connectivity index (χ0n) is 10.1.